The molecule has 3 aromatic carbocycles. The number of carbonyl (C=O) groups is 9. The minimum Gasteiger partial charge on any atom is -0.495 e. The van der Waals surface area contributed by atoms with Crippen molar-refractivity contribution in [1.82, 2.24) is 30.7 Å². The van der Waals surface area contributed by atoms with Crippen molar-refractivity contribution < 1.29 is 116 Å². The van der Waals surface area contributed by atoms with Gasteiger partial charge in [-0.3, -0.25) is 34.2 Å². The molecule has 7 rings (SSSR count). The molecule has 0 aliphatic carbocycles. The lowest BCUT2D eigenvalue weighted by Crippen LogP contribution is -2.63. The summed E-state index contributed by atoms with van der Waals surface area (Å²) in [4.78, 5) is 121. The third kappa shape index (κ3) is 22.8. The summed E-state index contributed by atoms with van der Waals surface area (Å²) in [5.41, 5.74) is -0.330. The lowest BCUT2D eigenvalue weighted by Gasteiger charge is -2.43. The fourth-order valence-corrected chi connectivity index (χ4v) is 12.4. The van der Waals surface area contributed by atoms with E-state index in [1.165, 1.54) is 65.3 Å². The summed E-state index contributed by atoms with van der Waals surface area (Å²) in [6, 6.07) is 14.6. The molecule has 3 aliphatic rings. The van der Waals surface area contributed by atoms with Gasteiger partial charge in [-0.15, -0.1) is 0 Å². The molecule has 11 N–H and O–H groups in total. The van der Waals surface area contributed by atoms with Gasteiger partial charge in [0.25, 0.3) is 0 Å². The zero-order chi connectivity index (χ0) is 76.2. The first kappa shape index (κ1) is 82.3. The molecule has 0 saturated carbocycles. The van der Waals surface area contributed by atoms with Gasteiger partial charge in [-0.05, 0) is 106 Å². The molecule has 12 atom stereocenters. The van der Waals surface area contributed by atoms with Gasteiger partial charge in [0.15, 0.2) is 11.8 Å². The van der Waals surface area contributed by atoms with Gasteiger partial charge in [-0.1, -0.05) is 66.6 Å². The second kappa shape index (κ2) is 38.2. The number of nitrogens with zero attached hydrogens (tertiary/aromatic N) is 3. The van der Waals surface area contributed by atoms with Gasteiger partial charge in [-0.2, -0.15) is 0 Å². The summed E-state index contributed by atoms with van der Waals surface area (Å²) in [6.07, 6.45) is -9.54. The number of carbonyl (C=O) groups excluding carboxylic acids is 7. The largest absolute Gasteiger partial charge is 0.495 e. The number of hydrogen-bond donors (Lipinski definition) is 11. The molecule has 1 aromatic heterocycles. The van der Waals surface area contributed by atoms with Gasteiger partial charge >= 0.3 is 30.1 Å². The van der Waals surface area contributed by atoms with Crippen LogP contribution >= 0.6 is 11.6 Å². The monoisotopic (exact) mass is 1480 g/mol. The normalized spacial score (nSPS) is 24.4. The van der Waals surface area contributed by atoms with Crippen molar-refractivity contribution in [2.24, 2.45) is 5.92 Å². The predicted molar refractivity (Wildman–Crippen MR) is 374 cm³/mol. The van der Waals surface area contributed by atoms with Gasteiger partial charge in [0, 0.05) is 77.7 Å². The number of aryl methyl sites for hydroxylation is 1. The number of hydrogen-bond acceptors (Lipinski definition) is 23. The number of allylic oxidation sites excluding steroid dienone is 3. The quantitative estimate of drug-likeness (QED) is 0.0198. The molecule has 4 heterocycles. The van der Waals surface area contributed by atoms with Crippen LogP contribution in [0.2, 0.25) is 5.02 Å². The highest BCUT2D eigenvalue weighted by Gasteiger charge is 2.49. The van der Waals surface area contributed by atoms with Crippen molar-refractivity contribution in [3.63, 3.8) is 0 Å². The predicted octanol–water partition coefficient (Wildman–Crippen LogP) is 4.20. The van der Waals surface area contributed by atoms with Crippen molar-refractivity contribution in [3.05, 3.63) is 106 Å². The standard InChI is InChI=1S/C71H95ClN8O24/c1-40-13-12-16-56(97-9)71(95)37-55(103-68(92)77-71)41(2)36-70(4,94)57(35-60(84)79(7)50-31-44(29-40)32-53(96-8)62(50)72)104-66(91)42(3)78(6)69(93)100-39-43-17-19-52(101-67-63(87)51(81)34-54(102-67)65(89)90)48(30-43)76-59(83)22-25-98-27-28-99-26-23-74-64(88)47(18-20-61(85)86)75-58(82)21-24-80-46(38-73-5)33-45-14-10-11-15-49(45)80/h10-17,19,30-33,41-42,47,51,54-57,63,67,73,81,87,94-95H,18,20-29,34-39H2,1-9H3,(H,74,88)(H,75,82)(H,76,83)(H,77,92)(H,85,86)(H,89,90)/b16-12+,40-13+/t41-,42-,47+,51-,54-,55-,56+,57-,63+,67?,70+,71-/m0/s1. The maximum Gasteiger partial charge on any atom is 0.410 e. The Labute approximate surface area is 606 Å². The maximum atomic E-state index is 14.5. The number of aliphatic hydroxyl groups excluding tert-OH is 2. The second-order valence-corrected chi connectivity index (χ2v) is 26.5. The summed E-state index contributed by atoms with van der Waals surface area (Å²) >= 11 is 6.82. The summed E-state index contributed by atoms with van der Waals surface area (Å²) in [7, 11) is 7.25. The number of likely N-dealkylation sites (N-methyl/N-ethyl adjacent to an activating group) is 1. The number of para-hydroxylation sites is 1. The van der Waals surface area contributed by atoms with E-state index in [1.807, 2.05) is 48.9 Å². The molecule has 3 aliphatic heterocycles. The minimum atomic E-state index is -2.09. The number of methoxy groups -OCH3 is 2. The van der Waals surface area contributed by atoms with Crippen LogP contribution in [0.15, 0.2) is 84.5 Å². The average molecular weight is 1480 g/mol. The molecule has 0 spiro atoms. The smallest absolute Gasteiger partial charge is 0.410 e. The zero-order valence-electron chi connectivity index (χ0n) is 59.6. The van der Waals surface area contributed by atoms with E-state index >= 15 is 0 Å². The minimum absolute atomic E-state index is 0.000480. The van der Waals surface area contributed by atoms with Gasteiger partial charge in [-0.25, -0.2) is 19.2 Å². The van der Waals surface area contributed by atoms with Crippen molar-refractivity contribution in [2.45, 2.75) is 172 Å². The highest BCUT2D eigenvalue weighted by molar-refractivity contribution is 6.35. The first-order chi connectivity index (χ1) is 49.3. The SMILES string of the molecule is CNCc1cc2ccccc2n1CCC(=O)N[C@H](CCC(=O)O)C(=O)NCCOCCOCCC(=O)Nc1cc(COC(=O)N(C)[C@@H](C)C(=O)O[C@H]2CC(=O)N(C)c3cc(cc(OC)c3Cl)C/C(C)=C/C=C/[C@@H](OC)[C@@]3(O)C[C@H](OC(=O)N3)[C@@H](C)C[C@@]2(C)O)ccc1OC1O[C@H](C(=O)O)C[C@H](O)[C@H]1O. The number of benzene rings is 3. The number of carboxylic acid groups (broad SMARTS) is 2. The van der Waals surface area contributed by atoms with Crippen molar-refractivity contribution in [2.75, 3.05) is 78.6 Å². The fourth-order valence-electron chi connectivity index (χ4n) is 12.1. The number of halogens is 1. The second-order valence-electron chi connectivity index (χ2n) is 26.1. The first-order valence-electron chi connectivity index (χ1n) is 33.9. The Kier molecular flexibility index (Phi) is 30.2. The molecule has 6 amide bonds. The van der Waals surface area contributed by atoms with E-state index in [9.17, 15) is 73.8 Å². The number of nitrogens with one attached hydrogen (secondary N) is 5. The number of alkyl carbamates (subject to hydrolysis) is 1. The molecule has 4 aromatic rings. The number of anilines is 2. The summed E-state index contributed by atoms with van der Waals surface area (Å²) in [6.45, 7) is 6.34. The Balaban J connectivity index is 0.965. The third-order valence-corrected chi connectivity index (χ3v) is 18.4. The Morgan fingerprint density at radius 1 is 0.913 bits per heavy atom. The van der Waals surface area contributed by atoms with E-state index in [4.69, 9.17) is 54.2 Å². The summed E-state index contributed by atoms with van der Waals surface area (Å²) in [5.74, 6) is -6.77. The maximum absolute atomic E-state index is 14.5. The first-order valence-corrected chi connectivity index (χ1v) is 34.3. The van der Waals surface area contributed by atoms with Crippen LogP contribution in [0.4, 0.5) is 21.0 Å². The Morgan fingerprint density at radius 3 is 2.35 bits per heavy atom. The number of carboxylic acids is 2. The number of aliphatic carboxylic acids is 2. The van der Waals surface area contributed by atoms with Gasteiger partial charge < -0.3 is 104 Å². The molecule has 33 heteroatoms. The number of amides is 6. The van der Waals surface area contributed by atoms with Crippen molar-refractivity contribution >= 4 is 87.6 Å². The van der Waals surface area contributed by atoms with E-state index in [0.717, 1.165) is 27.1 Å². The lowest BCUT2D eigenvalue weighted by molar-refractivity contribution is -0.238. The Hall–Kier alpha value is -8.96. The van der Waals surface area contributed by atoms with Crippen LogP contribution < -0.4 is 41.0 Å². The van der Waals surface area contributed by atoms with Crippen molar-refractivity contribution in [3.8, 4) is 11.5 Å². The lowest BCUT2D eigenvalue weighted by atomic mass is 9.81. The highest BCUT2D eigenvalue weighted by atomic mass is 35.5. The number of ether oxygens (including phenoxy) is 9. The molecular formula is C71H95ClN8O24. The van der Waals surface area contributed by atoms with Crippen LogP contribution in [0, 0.1) is 5.92 Å². The highest BCUT2D eigenvalue weighted by Crippen LogP contribution is 2.39. The Morgan fingerprint density at radius 2 is 1.64 bits per heavy atom. The number of esters is 1. The van der Waals surface area contributed by atoms with E-state index in [-0.39, 0.29) is 105 Å². The molecule has 2 fully saturated rings. The van der Waals surface area contributed by atoms with Crippen molar-refractivity contribution in [1.29, 1.82) is 0 Å². The summed E-state index contributed by atoms with van der Waals surface area (Å²) in [5, 5.41) is 79.3. The molecular weight excluding hydrogens is 1380 g/mol. The van der Waals surface area contributed by atoms with Crippen LogP contribution in [0.1, 0.15) is 95.9 Å². The topological polar surface area (TPSA) is 430 Å². The van der Waals surface area contributed by atoms with Gasteiger partial charge in [0.1, 0.15) is 59.6 Å². The molecule has 2 saturated heterocycles. The number of rotatable bonds is 30. The van der Waals surface area contributed by atoms with Crippen LogP contribution in [0.25, 0.3) is 10.9 Å². The van der Waals surface area contributed by atoms with Gasteiger partial charge in [0.2, 0.25) is 29.9 Å². The van der Waals surface area contributed by atoms with Crippen LogP contribution in [-0.4, -0.2) is 228 Å². The van der Waals surface area contributed by atoms with E-state index in [1.54, 1.807) is 37.3 Å². The molecule has 4 bridgehead atoms. The molecule has 32 nitrogen and oxygen atoms in total. The van der Waals surface area contributed by atoms with Crippen LogP contribution in [0.3, 0.4) is 0 Å². The van der Waals surface area contributed by atoms with E-state index in [0.29, 0.717) is 25.1 Å². The van der Waals surface area contributed by atoms with Crippen LogP contribution in [-0.2, 0) is 92.8 Å². The summed E-state index contributed by atoms with van der Waals surface area (Å²) < 4.78 is 53.0. The Bertz CT molecular complexity index is 3750. The average Bonchev–Trinajstić information content (AvgIpc) is 1.52. The molecule has 104 heavy (non-hydrogen) atoms. The number of fused-ring (bicyclic) bond motifs is 5. The van der Waals surface area contributed by atoms with E-state index in [2.05, 4.69) is 26.6 Å². The van der Waals surface area contributed by atoms with E-state index < -0.39 is 145 Å². The number of aromatic nitrogens is 1. The van der Waals surface area contributed by atoms with Gasteiger partial charge in [0.05, 0.1) is 69.5 Å². The third-order valence-electron chi connectivity index (χ3n) is 18.0. The molecule has 1 unspecified atom stereocenters. The van der Waals surface area contributed by atoms with Crippen LogP contribution in [0.5, 0.6) is 11.5 Å². The zero-order valence-corrected chi connectivity index (χ0v) is 60.3. The molecule has 0 radical (unpaired) electrons. The number of aliphatic hydroxyl groups is 4. The fraction of sp³-hybridized carbons (Fsp3) is 0.535. The molecule has 570 valence electrons.